The van der Waals surface area contributed by atoms with Gasteiger partial charge in [-0.15, -0.1) is 0 Å². The molecule has 0 aliphatic heterocycles. The lowest BCUT2D eigenvalue weighted by Crippen LogP contribution is -2.04. The van der Waals surface area contributed by atoms with E-state index in [0.717, 1.165) is 23.3 Å². The van der Waals surface area contributed by atoms with E-state index in [9.17, 15) is 13.2 Å². The summed E-state index contributed by atoms with van der Waals surface area (Å²) < 4.78 is 37.1. The topological polar surface area (TPSA) is 20.2 Å². The maximum absolute atomic E-state index is 12.4. The zero-order valence-electron chi connectivity index (χ0n) is 9.41. The first-order chi connectivity index (χ1) is 8.45. The molecule has 1 N–H and O–H groups in total. The van der Waals surface area contributed by atoms with Crippen LogP contribution in [0.1, 0.15) is 16.7 Å². The minimum Gasteiger partial charge on any atom is -0.508 e. The first-order valence-corrected chi connectivity index (χ1v) is 5.39. The molecule has 0 aromatic heterocycles. The molecule has 0 unspecified atom stereocenters. The highest BCUT2D eigenvalue weighted by Crippen LogP contribution is 2.29. The Hall–Kier alpha value is -1.97. The van der Waals surface area contributed by atoms with Gasteiger partial charge in [0.2, 0.25) is 0 Å². The van der Waals surface area contributed by atoms with E-state index in [1.54, 1.807) is 24.3 Å². The molecule has 2 aromatic rings. The molecule has 0 aliphatic carbocycles. The van der Waals surface area contributed by atoms with E-state index in [0.29, 0.717) is 6.42 Å². The SMILES string of the molecule is Oc1ccc(Cc2ccc(C(F)(F)F)cc2)cc1. The Kier molecular flexibility index (Phi) is 3.28. The third kappa shape index (κ3) is 3.03. The van der Waals surface area contributed by atoms with Gasteiger partial charge in [-0.1, -0.05) is 24.3 Å². The van der Waals surface area contributed by atoms with Crippen LogP contribution in [0.25, 0.3) is 0 Å². The number of phenolic OH excluding ortho intramolecular Hbond substituents is 1. The molecule has 0 saturated heterocycles. The lowest BCUT2D eigenvalue weighted by molar-refractivity contribution is -0.137. The van der Waals surface area contributed by atoms with Crippen molar-refractivity contribution in [3.63, 3.8) is 0 Å². The zero-order valence-corrected chi connectivity index (χ0v) is 9.41. The fraction of sp³-hybridized carbons (Fsp3) is 0.143. The van der Waals surface area contributed by atoms with Crippen molar-refractivity contribution < 1.29 is 18.3 Å². The van der Waals surface area contributed by atoms with Crippen molar-refractivity contribution in [3.05, 3.63) is 65.2 Å². The summed E-state index contributed by atoms with van der Waals surface area (Å²) >= 11 is 0. The van der Waals surface area contributed by atoms with Crippen molar-refractivity contribution in [2.45, 2.75) is 12.6 Å². The first-order valence-electron chi connectivity index (χ1n) is 5.39. The maximum Gasteiger partial charge on any atom is 0.416 e. The predicted octanol–water partition coefficient (Wildman–Crippen LogP) is 4.00. The van der Waals surface area contributed by atoms with Gasteiger partial charge in [0.15, 0.2) is 0 Å². The summed E-state index contributed by atoms with van der Waals surface area (Å²) in [5.41, 5.74) is 1.10. The van der Waals surface area contributed by atoms with Gasteiger partial charge >= 0.3 is 6.18 Å². The Balaban J connectivity index is 2.13. The highest BCUT2D eigenvalue weighted by Gasteiger charge is 2.29. The summed E-state index contributed by atoms with van der Waals surface area (Å²) in [5, 5.41) is 9.12. The molecule has 0 amide bonds. The largest absolute Gasteiger partial charge is 0.508 e. The van der Waals surface area contributed by atoms with Crippen LogP contribution in [0.15, 0.2) is 48.5 Å². The van der Waals surface area contributed by atoms with E-state index in [2.05, 4.69) is 0 Å². The third-order valence-electron chi connectivity index (χ3n) is 2.63. The highest BCUT2D eigenvalue weighted by molar-refractivity contribution is 5.32. The van der Waals surface area contributed by atoms with Crippen LogP contribution in [0.2, 0.25) is 0 Å². The molecule has 0 bridgehead atoms. The van der Waals surface area contributed by atoms with Crippen LogP contribution in [-0.2, 0) is 12.6 Å². The fourth-order valence-corrected chi connectivity index (χ4v) is 1.66. The molecule has 4 heteroatoms. The van der Waals surface area contributed by atoms with Crippen molar-refractivity contribution in [1.29, 1.82) is 0 Å². The van der Waals surface area contributed by atoms with Crippen LogP contribution >= 0.6 is 0 Å². The molecule has 94 valence electrons. The molecule has 2 rings (SSSR count). The molecule has 0 aliphatic rings. The van der Waals surface area contributed by atoms with Gasteiger partial charge in [0.05, 0.1) is 5.56 Å². The van der Waals surface area contributed by atoms with Crippen LogP contribution in [-0.4, -0.2) is 5.11 Å². The van der Waals surface area contributed by atoms with Gasteiger partial charge in [0, 0.05) is 0 Å². The molecule has 0 heterocycles. The van der Waals surface area contributed by atoms with E-state index in [4.69, 9.17) is 5.11 Å². The van der Waals surface area contributed by atoms with Crippen LogP contribution < -0.4 is 0 Å². The number of aromatic hydroxyl groups is 1. The number of halogens is 3. The van der Waals surface area contributed by atoms with Crippen molar-refractivity contribution in [1.82, 2.24) is 0 Å². The second-order valence-corrected chi connectivity index (χ2v) is 4.04. The average molecular weight is 252 g/mol. The number of hydrogen-bond donors (Lipinski definition) is 1. The second kappa shape index (κ2) is 4.72. The Morgan fingerprint density at radius 2 is 1.22 bits per heavy atom. The van der Waals surface area contributed by atoms with Gasteiger partial charge in [-0.2, -0.15) is 13.2 Å². The highest BCUT2D eigenvalue weighted by atomic mass is 19.4. The van der Waals surface area contributed by atoms with Crippen LogP contribution in [0, 0.1) is 0 Å². The number of alkyl halides is 3. The minimum absolute atomic E-state index is 0.172. The molecule has 0 saturated carbocycles. The van der Waals surface area contributed by atoms with Crippen molar-refractivity contribution in [2.75, 3.05) is 0 Å². The number of phenols is 1. The number of benzene rings is 2. The van der Waals surface area contributed by atoms with E-state index >= 15 is 0 Å². The molecule has 18 heavy (non-hydrogen) atoms. The lowest BCUT2D eigenvalue weighted by atomic mass is 10.0. The quantitative estimate of drug-likeness (QED) is 0.856. The van der Waals surface area contributed by atoms with E-state index in [-0.39, 0.29) is 5.75 Å². The van der Waals surface area contributed by atoms with Crippen LogP contribution in [0.3, 0.4) is 0 Å². The zero-order chi connectivity index (χ0) is 13.2. The van der Waals surface area contributed by atoms with Crippen molar-refractivity contribution >= 4 is 0 Å². The molecule has 0 atom stereocenters. The van der Waals surface area contributed by atoms with E-state index < -0.39 is 11.7 Å². The summed E-state index contributed by atoms with van der Waals surface area (Å²) in [4.78, 5) is 0. The predicted molar refractivity (Wildman–Crippen MR) is 62.4 cm³/mol. The van der Waals surface area contributed by atoms with Gasteiger partial charge in [-0.25, -0.2) is 0 Å². The second-order valence-electron chi connectivity index (χ2n) is 4.04. The van der Waals surface area contributed by atoms with Gasteiger partial charge < -0.3 is 5.11 Å². The number of rotatable bonds is 2. The summed E-state index contributed by atoms with van der Waals surface area (Å²) in [6.07, 6.45) is -3.75. The molecular weight excluding hydrogens is 241 g/mol. The number of hydrogen-bond acceptors (Lipinski definition) is 1. The molecule has 0 fully saturated rings. The summed E-state index contributed by atoms with van der Waals surface area (Å²) in [6, 6.07) is 11.7. The van der Waals surface area contributed by atoms with Crippen molar-refractivity contribution in [3.8, 4) is 5.75 Å². The smallest absolute Gasteiger partial charge is 0.416 e. The van der Waals surface area contributed by atoms with Gasteiger partial charge in [-0.05, 0) is 41.8 Å². The molecule has 1 nitrogen and oxygen atoms in total. The molecule has 2 aromatic carbocycles. The monoisotopic (exact) mass is 252 g/mol. The molecular formula is C14H11F3O. The molecule has 0 spiro atoms. The van der Waals surface area contributed by atoms with Gasteiger partial charge in [-0.3, -0.25) is 0 Å². The first kappa shape index (κ1) is 12.5. The summed E-state index contributed by atoms with van der Waals surface area (Å²) in [5.74, 6) is 0.172. The van der Waals surface area contributed by atoms with E-state index in [1.165, 1.54) is 12.1 Å². The average Bonchev–Trinajstić information content (AvgIpc) is 2.32. The third-order valence-corrected chi connectivity index (χ3v) is 2.63. The minimum atomic E-state index is -4.29. The lowest BCUT2D eigenvalue weighted by Gasteiger charge is -2.07. The Labute approximate surface area is 103 Å². The van der Waals surface area contributed by atoms with Gasteiger partial charge in [0.1, 0.15) is 5.75 Å². The van der Waals surface area contributed by atoms with E-state index in [1.807, 2.05) is 0 Å². The Morgan fingerprint density at radius 3 is 1.67 bits per heavy atom. The fourth-order valence-electron chi connectivity index (χ4n) is 1.66. The van der Waals surface area contributed by atoms with Crippen LogP contribution in [0.4, 0.5) is 13.2 Å². The summed E-state index contributed by atoms with van der Waals surface area (Å²) in [7, 11) is 0. The van der Waals surface area contributed by atoms with Crippen LogP contribution in [0.5, 0.6) is 5.75 Å². The summed E-state index contributed by atoms with van der Waals surface area (Å²) in [6.45, 7) is 0. The Bertz CT molecular complexity index is 512. The molecule has 0 radical (unpaired) electrons. The normalized spacial score (nSPS) is 11.5. The maximum atomic E-state index is 12.4. The Morgan fingerprint density at radius 1 is 0.778 bits per heavy atom. The standard InChI is InChI=1S/C14H11F3O/c15-14(16,17)12-5-1-10(2-6-12)9-11-3-7-13(18)8-4-11/h1-8,18H,9H2. The van der Waals surface area contributed by atoms with Gasteiger partial charge in [0.25, 0.3) is 0 Å². The van der Waals surface area contributed by atoms with Crippen molar-refractivity contribution in [2.24, 2.45) is 0 Å².